The van der Waals surface area contributed by atoms with Gasteiger partial charge in [0.25, 0.3) is 5.91 Å². The predicted octanol–water partition coefficient (Wildman–Crippen LogP) is 5.47. The van der Waals surface area contributed by atoms with Crippen LogP contribution >= 0.6 is 11.3 Å². The van der Waals surface area contributed by atoms with Gasteiger partial charge in [0.2, 0.25) is 0 Å². The van der Waals surface area contributed by atoms with Crippen molar-refractivity contribution in [3.8, 4) is 5.75 Å². The highest BCUT2D eigenvalue weighted by Gasteiger charge is 2.27. The van der Waals surface area contributed by atoms with E-state index in [1.54, 1.807) is 16.2 Å². The minimum Gasteiger partial charge on any atom is -0.483 e. The Balaban J connectivity index is 1.62. The second-order valence-electron chi connectivity index (χ2n) is 7.22. The number of ether oxygens (including phenoxy) is 1. The van der Waals surface area contributed by atoms with E-state index in [2.05, 4.69) is 23.2 Å². The van der Waals surface area contributed by atoms with Gasteiger partial charge in [0, 0.05) is 34.6 Å². The zero-order valence-corrected chi connectivity index (χ0v) is 17.6. The maximum absolute atomic E-state index is 13.1. The van der Waals surface area contributed by atoms with E-state index in [4.69, 9.17) is 4.74 Å². The lowest BCUT2D eigenvalue weighted by Crippen LogP contribution is -2.35. The number of aromatic nitrogens is 1. The fourth-order valence-corrected chi connectivity index (χ4v) is 4.61. The zero-order chi connectivity index (χ0) is 20.4. The van der Waals surface area contributed by atoms with Crippen LogP contribution in [0.1, 0.15) is 27.6 Å². The average Bonchev–Trinajstić information content (AvgIpc) is 3.38. The number of H-pyrrole nitrogens is 1. The van der Waals surface area contributed by atoms with E-state index in [-0.39, 0.29) is 18.6 Å². The van der Waals surface area contributed by atoms with Gasteiger partial charge in [-0.15, -0.1) is 11.3 Å². The summed E-state index contributed by atoms with van der Waals surface area (Å²) in [4.78, 5) is 19.3. The topological polar surface area (TPSA) is 45.3 Å². The van der Waals surface area contributed by atoms with Gasteiger partial charge in [0.05, 0.1) is 6.04 Å². The van der Waals surface area contributed by atoms with Crippen molar-refractivity contribution in [1.29, 1.82) is 0 Å². The zero-order valence-electron chi connectivity index (χ0n) is 16.8. The number of hydrogen-bond donors (Lipinski definition) is 1. The van der Waals surface area contributed by atoms with Crippen LogP contribution < -0.4 is 4.74 Å². The average molecular weight is 405 g/mol. The summed E-state index contributed by atoms with van der Waals surface area (Å²) in [5.41, 5.74) is 4.22. The molecule has 2 aromatic heterocycles. The highest BCUT2D eigenvalue weighted by molar-refractivity contribution is 7.10. The smallest absolute Gasteiger partial charge is 0.261 e. The number of likely N-dealkylation sites (N-methyl/N-ethyl adjacent to an activating group) is 1. The number of rotatable bonds is 6. The SMILES string of the molecule is Cc1cccc(C)c1OCC(=O)N(C)C(c1cccs1)c1c[nH]c2ccccc12. The molecule has 1 unspecified atom stereocenters. The number of para-hydroxylation sites is 2. The number of benzene rings is 2. The number of amides is 1. The van der Waals surface area contributed by atoms with Crippen LogP contribution in [0.4, 0.5) is 0 Å². The second-order valence-corrected chi connectivity index (χ2v) is 8.20. The maximum atomic E-state index is 13.1. The molecule has 4 nitrogen and oxygen atoms in total. The van der Waals surface area contributed by atoms with Crippen LogP contribution in [0.25, 0.3) is 10.9 Å². The molecule has 1 amide bonds. The molecule has 4 aromatic rings. The third-order valence-electron chi connectivity index (χ3n) is 5.26. The van der Waals surface area contributed by atoms with Crippen molar-refractivity contribution in [3.63, 3.8) is 0 Å². The van der Waals surface area contributed by atoms with Gasteiger partial charge >= 0.3 is 0 Å². The maximum Gasteiger partial charge on any atom is 0.261 e. The Morgan fingerprint density at radius 3 is 2.55 bits per heavy atom. The molecule has 1 N–H and O–H groups in total. The molecule has 0 saturated carbocycles. The minimum atomic E-state index is -0.166. The number of aryl methyl sites for hydroxylation is 2. The first-order chi connectivity index (χ1) is 14.1. The van der Waals surface area contributed by atoms with E-state index in [0.29, 0.717) is 0 Å². The van der Waals surface area contributed by atoms with E-state index in [0.717, 1.165) is 38.2 Å². The van der Waals surface area contributed by atoms with Crippen molar-refractivity contribution in [2.24, 2.45) is 0 Å². The molecule has 0 bridgehead atoms. The number of nitrogens with one attached hydrogen (secondary N) is 1. The Labute approximate surface area is 174 Å². The van der Waals surface area contributed by atoms with Crippen molar-refractivity contribution in [1.82, 2.24) is 9.88 Å². The summed E-state index contributed by atoms with van der Waals surface area (Å²) in [5.74, 6) is 0.727. The molecular formula is C24H24N2O2S. The van der Waals surface area contributed by atoms with E-state index in [1.165, 1.54) is 0 Å². The van der Waals surface area contributed by atoms with Crippen LogP contribution in [0.15, 0.2) is 66.2 Å². The van der Waals surface area contributed by atoms with Gasteiger partial charge in [-0.05, 0) is 42.5 Å². The fourth-order valence-electron chi connectivity index (χ4n) is 3.73. The first-order valence-electron chi connectivity index (χ1n) is 9.60. The molecular weight excluding hydrogens is 380 g/mol. The fraction of sp³-hybridized carbons (Fsp3) is 0.208. The van der Waals surface area contributed by atoms with Crippen LogP contribution in [0.5, 0.6) is 5.75 Å². The number of thiophene rings is 1. The molecule has 0 radical (unpaired) electrons. The van der Waals surface area contributed by atoms with Gasteiger partial charge < -0.3 is 14.6 Å². The predicted molar refractivity (Wildman–Crippen MR) is 119 cm³/mol. The van der Waals surface area contributed by atoms with Crippen LogP contribution in [0, 0.1) is 13.8 Å². The number of carbonyl (C=O) groups excluding carboxylic acids is 1. The normalized spacial score (nSPS) is 12.1. The highest BCUT2D eigenvalue weighted by Crippen LogP contribution is 2.35. The van der Waals surface area contributed by atoms with Crippen molar-refractivity contribution in [2.45, 2.75) is 19.9 Å². The number of fused-ring (bicyclic) bond motifs is 1. The summed E-state index contributed by atoms with van der Waals surface area (Å²) in [6.45, 7) is 4.00. The lowest BCUT2D eigenvalue weighted by atomic mass is 10.0. The van der Waals surface area contributed by atoms with E-state index >= 15 is 0 Å². The first-order valence-corrected chi connectivity index (χ1v) is 10.5. The molecule has 148 valence electrons. The molecule has 4 rings (SSSR count). The van der Waals surface area contributed by atoms with Crippen LogP contribution in [0.3, 0.4) is 0 Å². The summed E-state index contributed by atoms with van der Waals surface area (Å²) in [5, 5.41) is 3.17. The summed E-state index contributed by atoms with van der Waals surface area (Å²) >= 11 is 1.65. The Morgan fingerprint density at radius 2 is 1.83 bits per heavy atom. The molecule has 0 aliphatic heterocycles. The molecule has 29 heavy (non-hydrogen) atoms. The summed E-state index contributed by atoms with van der Waals surface area (Å²) in [6.07, 6.45) is 2.01. The quantitative estimate of drug-likeness (QED) is 0.463. The van der Waals surface area contributed by atoms with Gasteiger partial charge in [-0.2, -0.15) is 0 Å². The van der Waals surface area contributed by atoms with Gasteiger partial charge in [0.1, 0.15) is 5.75 Å². The van der Waals surface area contributed by atoms with E-state index in [9.17, 15) is 4.79 Å². The van der Waals surface area contributed by atoms with E-state index in [1.807, 2.05) is 68.9 Å². The Bertz CT molecular complexity index is 1110. The molecule has 2 aromatic carbocycles. The number of carbonyl (C=O) groups is 1. The second kappa shape index (κ2) is 8.13. The standard InChI is InChI=1S/C24H24N2O2S/c1-16-8-6-9-17(2)24(16)28-15-22(27)26(3)23(21-12-7-13-29-21)19-14-25-20-11-5-4-10-18(19)20/h4-14,23,25H,15H2,1-3H3. The molecule has 5 heteroatoms. The summed E-state index contributed by atoms with van der Waals surface area (Å²) in [6, 6.07) is 18.1. The largest absolute Gasteiger partial charge is 0.483 e. The first kappa shape index (κ1) is 19.3. The Hall–Kier alpha value is -3.05. The number of nitrogens with zero attached hydrogens (tertiary/aromatic N) is 1. The summed E-state index contributed by atoms with van der Waals surface area (Å²) in [7, 11) is 1.85. The van der Waals surface area contributed by atoms with Gasteiger partial charge in [-0.25, -0.2) is 0 Å². The number of hydrogen-bond acceptors (Lipinski definition) is 3. The van der Waals surface area contributed by atoms with Crippen molar-refractivity contribution >= 4 is 28.1 Å². The molecule has 0 spiro atoms. The molecule has 2 heterocycles. The highest BCUT2D eigenvalue weighted by atomic mass is 32.1. The minimum absolute atomic E-state index is 0.00637. The Morgan fingerprint density at radius 1 is 1.07 bits per heavy atom. The molecule has 1 atom stereocenters. The number of aromatic amines is 1. The lowest BCUT2D eigenvalue weighted by molar-refractivity contribution is -0.133. The van der Waals surface area contributed by atoms with Crippen molar-refractivity contribution in [3.05, 3.63) is 87.7 Å². The van der Waals surface area contributed by atoms with Crippen molar-refractivity contribution in [2.75, 3.05) is 13.7 Å². The van der Waals surface area contributed by atoms with Gasteiger partial charge in [-0.1, -0.05) is 42.5 Å². The van der Waals surface area contributed by atoms with Crippen LogP contribution in [-0.2, 0) is 4.79 Å². The molecule has 0 fully saturated rings. The third-order valence-corrected chi connectivity index (χ3v) is 6.18. The van der Waals surface area contributed by atoms with E-state index < -0.39 is 0 Å². The van der Waals surface area contributed by atoms with Crippen LogP contribution in [-0.4, -0.2) is 29.4 Å². The third kappa shape index (κ3) is 3.78. The van der Waals surface area contributed by atoms with Crippen LogP contribution in [0.2, 0.25) is 0 Å². The molecule has 0 aliphatic carbocycles. The molecule has 0 aliphatic rings. The van der Waals surface area contributed by atoms with Gasteiger partial charge in [0.15, 0.2) is 6.61 Å². The Kier molecular flexibility index (Phi) is 5.41. The van der Waals surface area contributed by atoms with Crippen molar-refractivity contribution < 1.29 is 9.53 Å². The lowest BCUT2D eigenvalue weighted by Gasteiger charge is -2.28. The summed E-state index contributed by atoms with van der Waals surface area (Å²) < 4.78 is 5.93. The molecule has 0 saturated heterocycles. The van der Waals surface area contributed by atoms with Gasteiger partial charge in [-0.3, -0.25) is 4.79 Å². The monoisotopic (exact) mass is 404 g/mol.